The Morgan fingerprint density at radius 1 is 1.21 bits per heavy atom. The minimum Gasteiger partial charge on any atom is -0.478 e. The molecule has 0 fully saturated rings. The highest BCUT2D eigenvalue weighted by Crippen LogP contribution is 2.28. The van der Waals surface area contributed by atoms with Gasteiger partial charge in [-0.25, -0.2) is 9.18 Å². The van der Waals surface area contributed by atoms with Crippen LogP contribution in [0.5, 0.6) is 0 Å². The van der Waals surface area contributed by atoms with E-state index in [1.54, 1.807) is 24.3 Å². The van der Waals surface area contributed by atoms with Gasteiger partial charge in [0.15, 0.2) is 0 Å². The molecular formula is C13H10ClFN2O2. The van der Waals surface area contributed by atoms with Crippen LogP contribution < -0.4 is 11.1 Å². The number of carboxylic acid groups (broad SMARTS) is 1. The number of aromatic carboxylic acids is 1. The van der Waals surface area contributed by atoms with Gasteiger partial charge in [-0.15, -0.1) is 0 Å². The maximum Gasteiger partial charge on any atom is 0.340 e. The molecule has 0 saturated heterocycles. The van der Waals surface area contributed by atoms with E-state index in [1.165, 1.54) is 6.07 Å². The van der Waals surface area contributed by atoms with E-state index in [9.17, 15) is 9.18 Å². The molecule has 19 heavy (non-hydrogen) atoms. The largest absolute Gasteiger partial charge is 0.478 e. The molecule has 0 spiro atoms. The highest BCUT2D eigenvalue weighted by Gasteiger charge is 2.17. The van der Waals surface area contributed by atoms with Gasteiger partial charge in [-0.3, -0.25) is 0 Å². The topological polar surface area (TPSA) is 75.3 Å². The van der Waals surface area contributed by atoms with Crippen LogP contribution in [-0.2, 0) is 0 Å². The molecule has 2 aromatic carbocycles. The van der Waals surface area contributed by atoms with Crippen LogP contribution in [0.3, 0.4) is 0 Å². The Morgan fingerprint density at radius 2 is 1.84 bits per heavy atom. The van der Waals surface area contributed by atoms with Gasteiger partial charge in [0.2, 0.25) is 0 Å². The van der Waals surface area contributed by atoms with Crippen LogP contribution in [0.4, 0.5) is 21.5 Å². The molecule has 0 aromatic heterocycles. The second-order valence-corrected chi connectivity index (χ2v) is 4.26. The number of nitrogens with one attached hydrogen (secondary N) is 1. The monoisotopic (exact) mass is 280 g/mol. The Labute approximate surface area is 113 Å². The Hall–Kier alpha value is -2.27. The lowest BCUT2D eigenvalue weighted by atomic mass is 10.1. The summed E-state index contributed by atoms with van der Waals surface area (Å²) < 4.78 is 13.3. The van der Waals surface area contributed by atoms with Gasteiger partial charge >= 0.3 is 5.97 Å². The molecule has 2 aromatic rings. The lowest BCUT2D eigenvalue weighted by molar-refractivity contribution is 0.0698. The second kappa shape index (κ2) is 5.16. The van der Waals surface area contributed by atoms with Gasteiger partial charge in [-0.2, -0.15) is 0 Å². The first-order valence-electron chi connectivity index (χ1n) is 5.33. The van der Waals surface area contributed by atoms with Crippen molar-refractivity contribution in [2.24, 2.45) is 0 Å². The first-order valence-corrected chi connectivity index (χ1v) is 5.70. The molecular weight excluding hydrogens is 271 g/mol. The number of hydrogen-bond acceptors (Lipinski definition) is 3. The van der Waals surface area contributed by atoms with E-state index in [0.717, 1.165) is 6.07 Å². The van der Waals surface area contributed by atoms with Crippen molar-refractivity contribution in [2.45, 2.75) is 0 Å². The molecule has 0 amide bonds. The molecule has 0 aliphatic heterocycles. The number of halogens is 2. The zero-order valence-electron chi connectivity index (χ0n) is 9.65. The Bertz CT molecular complexity index is 629. The summed E-state index contributed by atoms with van der Waals surface area (Å²) >= 11 is 5.75. The molecule has 0 heterocycles. The lowest BCUT2D eigenvalue weighted by Gasteiger charge is -2.12. The van der Waals surface area contributed by atoms with Crippen LogP contribution in [0.15, 0.2) is 36.4 Å². The summed E-state index contributed by atoms with van der Waals surface area (Å²) in [6.07, 6.45) is 0. The maximum absolute atomic E-state index is 13.3. The standard InChI is InChI=1S/C13H10ClFN2O2/c14-7-1-3-8(4-2-7)17-10-6-5-9(15)12(16)11(10)13(18)19/h1-6,17H,16H2,(H,18,19). The smallest absolute Gasteiger partial charge is 0.340 e. The number of anilines is 3. The summed E-state index contributed by atoms with van der Waals surface area (Å²) in [5.74, 6) is -2.06. The zero-order chi connectivity index (χ0) is 14.0. The van der Waals surface area contributed by atoms with E-state index in [1.807, 2.05) is 0 Å². The number of carboxylic acids is 1. The summed E-state index contributed by atoms with van der Waals surface area (Å²) in [4.78, 5) is 11.1. The quantitative estimate of drug-likeness (QED) is 0.752. The molecule has 6 heteroatoms. The van der Waals surface area contributed by atoms with E-state index < -0.39 is 17.5 Å². The molecule has 4 N–H and O–H groups in total. The maximum atomic E-state index is 13.3. The molecule has 0 atom stereocenters. The SMILES string of the molecule is Nc1c(F)ccc(Nc2ccc(Cl)cc2)c1C(=O)O. The molecule has 0 bridgehead atoms. The number of rotatable bonds is 3. The molecule has 0 aliphatic carbocycles. The van der Waals surface area contributed by atoms with Gasteiger partial charge < -0.3 is 16.2 Å². The van der Waals surface area contributed by atoms with Gasteiger partial charge in [0, 0.05) is 10.7 Å². The molecule has 4 nitrogen and oxygen atoms in total. The summed E-state index contributed by atoms with van der Waals surface area (Å²) in [7, 11) is 0. The first-order chi connectivity index (χ1) is 8.99. The molecule has 0 unspecified atom stereocenters. The highest BCUT2D eigenvalue weighted by atomic mass is 35.5. The third-order valence-corrected chi connectivity index (χ3v) is 2.78. The first kappa shape index (κ1) is 13.2. The van der Waals surface area contributed by atoms with Crippen molar-refractivity contribution in [2.75, 3.05) is 11.1 Å². The van der Waals surface area contributed by atoms with Gasteiger partial charge in [0.25, 0.3) is 0 Å². The summed E-state index contributed by atoms with van der Waals surface area (Å²) in [5.41, 5.74) is 5.59. The number of benzene rings is 2. The van der Waals surface area contributed by atoms with Crippen molar-refractivity contribution in [3.8, 4) is 0 Å². The van der Waals surface area contributed by atoms with E-state index >= 15 is 0 Å². The zero-order valence-corrected chi connectivity index (χ0v) is 10.4. The molecule has 98 valence electrons. The number of nitrogens with two attached hydrogens (primary N) is 1. The van der Waals surface area contributed by atoms with E-state index in [4.69, 9.17) is 22.4 Å². The molecule has 0 saturated carbocycles. The predicted molar refractivity (Wildman–Crippen MR) is 72.5 cm³/mol. The van der Waals surface area contributed by atoms with Crippen LogP contribution >= 0.6 is 11.6 Å². The van der Waals surface area contributed by atoms with Crippen LogP contribution in [0.25, 0.3) is 0 Å². The Balaban J connectivity index is 2.42. The third kappa shape index (κ3) is 2.77. The fourth-order valence-electron chi connectivity index (χ4n) is 1.62. The molecule has 0 aliphatic rings. The van der Waals surface area contributed by atoms with Crippen molar-refractivity contribution in [1.29, 1.82) is 0 Å². The van der Waals surface area contributed by atoms with Gasteiger partial charge in [0.05, 0.1) is 11.4 Å². The van der Waals surface area contributed by atoms with Crippen molar-refractivity contribution in [3.05, 3.63) is 52.8 Å². The highest BCUT2D eigenvalue weighted by molar-refractivity contribution is 6.30. The summed E-state index contributed by atoms with van der Waals surface area (Å²) in [6.45, 7) is 0. The normalized spacial score (nSPS) is 10.2. The summed E-state index contributed by atoms with van der Waals surface area (Å²) in [6, 6.07) is 9.08. The van der Waals surface area contributed by atoms with Crippen LogP contribution in [0.1, 0.15) is 10.4 Å². The van der Waals surface area contributed by atoms with Crippen molar-refractivity contribution >= 4 is 34.6 Å². The number of hydrogen-bond donors (Lipinski definition) is 3. The van der Waals surface area contributed by atoms with Gasteiger partial charge in [0.1, 0.15) is 11.4 Å². The fraction of sp³-hybridized carbons (Fsp3) is 0. The van der Waals surface area contributed by atoms with E-state index in [0.29, 0.717) is 10.7 Å². The van der Waals surface area contributed by atoms with Gasteiger partial charge in [-0.1, -0.05) is 11.6 Å². The van der Waals surface area contributed by atoms with Crippen molar-refractivity contribution < 1.29 is 14.3 Å². The van der Waals surface area contributed by atoms with E-state index in [2.05, 4.69) is 5.32 Å². The lowest BCUT2D eigenvalue weighted by Crippen LogP contribution is -2.08. The predicted octanol–water partition coefficient (Wildman–Crippen LogP) is 3.50. The van der Waals surface area contributed by atoms with E-state index in [-0.39, 0.29) is 11.3 Å². The average Bonchev–Trinajstić information content (AvgIpc) is 2.36. The second-order valence-electron chi connectivity index (χ2n) is 3.82. The Morgan fingerprint density at radius 3 is 2.42 bits per heavy atom. The fourth-order valence-corrected chi connectivity index (χ4v) is 1.74. The minimum atomic E-state index is -1.30. The van der Waals surface area contributed by atoms with Crippen molar-refractivity contribution in [1.82, 2.24) is 0 Å². The average molecular weight is 281 g/mol. The van der Waals surface area contributed by atoms with Crippen LogP contribution in [-0.4, -0.2) is 11.1 Å². The molecule has 0 radical (unpaired) electrons. The third-order valence-electron chi connectivity index (χ3n) is 2.53. The number of carbonyl (C=O) groups is 1. The molecule has 2 rings (SSSR count). The number of nitrogen functional groups attached to an aromatic ring is 1. The summed E-state index contributed by atoms with van der Waals surface area (Å²) in [5, 5.41) is 12.5. The van der Waals surface area contributed by atoms with Gasteiger partial charge in [-0.05, 0) is 36.4 Å². The van der Waals surface area contributed by atoms with Crippen molar-refractivity contribution in [3.63, 3.8) is 0 Å². The van der Waals surface area contributed by atoms with Crippen LogP contribution in [0.2, 0.25) is 5.02 Å². The minimum absolute atomic E-state index is 0.216. The van der Waals surface area contributed by atoms with Crippen LogP contribution in [0, 0.1) is 5.82 Å². The Kier molecular flexibility index (Phi) is 3.57.